The van der Waals surface area contributed by atoms with Crippen molar-refractivity contribution in [2.75, 3.05) is 45.9 Å². The van der Waals surface area contributed by atoms with E-state index in [2.05, 4.69) is 51.9 Å². The molecule has 1 fully saturated rings. The molecule has 0 aliphatic carbocycles. The molecule has 0 bridgehead atoms. The molecule has 1 aliphatic heterocycles. The Morgan fingerprint density at radius 2 is 2.23 bits per heavy atom. The topological polar surface area (TPSA) is 48.9 Å². The second-order valence-corrected chi connectivity index (χ2v) is 6.71. The molecule has 1 unspecified atom stereocenters. The van der Waals surface area contributed by atoms with Crippen LogP contribution in [0.25, 0.3) is 0 Å². The van der Waals surface area contributed by atoms with Crippen LogP contribution in [0.1, 0.15) is 18.7 Å². The maximum absolute atomic E-state index is 5.39. The predicted molar refractivity (Wildman–Crippen MR) is 93.6 cm³/mol. The molecule has 1 saturated heterocycles. The lowest BCUT2D eigenvalue weighted by atomic mass is 10.1. The first-order chi connectivity index (χ1) is 10.8. The monoisotopic (exact) mass is 324 g/mol. The van der Waals surface area contributed by atoms with Crippen LogP contribution < -0.4 is 10.6 Å². The van der Waals surface area contributed by atoms with Crippen LogP contribution in [0.4, 0.5) is 0 Å². The van der Waals surface area contributed by atoms with Crippen molar-refractivity contribution in [2.45, 2.75) is 20.4 Å². The van der Waals surface area contributed by atoms with Gasteiger partial charge in [-0.05, 0) is 24.3 Å². The van der Waals surface area contributed by atoms with Crippen molar-refractivity contribution in [1.82, 2.24) is 15.5 Å². The molecule has 22 heavy (non-hydrogen) atoms. The quantitative estimate of drug-likeness (QED) is 0.593. The van der Waals surface area contributed by atoms with Crippen LogP contribution in [0, 0.1) is 5.92 Å². The molecule has 2 heterocycles. The minimum atomic E-state index is 0.587. The average molecular weight is 324 g/mol. The molecule has 5 nitrogen and oxygen atoms in total. The van der Waals surface area contributed by atoms with Crippen LogP contribution in [0.15, 0.2) is 22.5 Å². The van der Waals surface area contributed by atoms with Gasteiger partial charge in [-0.2, -0.15) is 0 Å². The molecule has 1 aromatic heterocycles. The fourth-order valence-corrected chi connectivity index (χ4v) is 3.09. The number of morpholine rings is 1. The number of guanidine groups is 1. The summed E-state index contributed by atoms with van der Waals surface area (Å²) in [5, 5.41) is 8.86. The van der Waals surface area contributed by atoms with Crippen molar-refractivity contribution in [3.8, 4) is 0 Å². The smallest absolute Gasteiger partial charge is 0.191 e. The standard InChI is InChI=1S/C16H28N4OS/c1-3-17-16(19-12-15-5-4-10-22-15)18-11-14(2)13-20-6-8-21-9-7-20/h4-5,10,14H,3,6-9,11-13H2,1-2H3,(H2,17,18,19). The molecule has 0 amide bonds. The Bertz CT molecular complexity index is 429. The van der Waals surface area contributed by atoms with Crippen LogP contribution in [-0.2, 0) is 11.3 Å². The number of thiophene rings is 1. The zero-order valence-electron chi connectivity index (χ0n) is 13.7. The van der Waals surface area contributed by atoms with Gasteiger partial charge in [0.15, 0.2) is 5.96 Å². The zero-order chi connectivity index (χ0) is 15.6. The van der Waals surface area contributed by atoms with E-state index in [9.17, 15) is 0 Å². The van der Waals surface area contributed by atoms with E-state index in [0.717, 1.165) is 58.4 Å². The summed E-state index contributed by atoms with van der Waals surface area (Å²) in [6.45, 7) is 11.9. The van der Waals surface area contributed by atoms with Gasteiger partial charge in [-0.15, -0.1) is 11.3 Å². The van der Waals surface area contributed by atoms with Crippen LogP contribution in [0.2, 0.25) is 0 Å². The predicted octanol–water partition coefficient (Wildman–Crippen LogP) is 1.77. The Balaban J connectivity index is 1.73. The number of nitrogens with zero attached hydrogens (tertiary/aromatic N) is 2. The molecule has 0 spiro atoms. The molecular formula is C16H28N4OS. The molecule has 1 atom stereocenters. The van der Waals surface area contributed by atoms with Gasteiger partial charge in [-0.25, -0.2) is 4.99 Å². The first kappa shape index (κ1) is 17.2. The summed E-state index contributed by atoms with van der Waals surface area (Å²) in [6.07, 6.45) is 0. The Morgan fingerprint density at radius 3 is 2.91 bits per heavy atom. The van der Waals surface area contributed by atoms with E-state index in [1.165, 1.54) is 4.88 Å². The second kappa shape index (κ2) is 9.82. The lowest BCUT2D eigenvalue weighted by molar-refractivity contribution is 0.0320. The van der Waals surface area contributed by atoms with Gasteiger partial charge in [-0.3, -0.25) is 4.90 Å². The number of hydrogen-bond donors (Lipinski definition) is 2. The molecular weight excluding hydrogens is 296 g/mol. The fourth-order valence-electron chi connectivity index (χ4n) is 2.46. The van der Waals surface area contributed by atoms with Gasteiger partial charge in [0.1, 0.15) is 0 Å². The highest BCUT2D eigenvalue weighted by molar-refractivity contribution is 7.09. The third-order valence-corrected chi connectivity index (χ3v) is 4.47. The number of ether oxygens (including phenoxy) is 1. The summed E-state index contributed by atoms with van der Waals surface area (Å²) in [5.41, 5.74) is 0. The number of aliphatic imine (C=N–C) groups is 1. The van der Waals surface area contributed by atoms with Crippen LogP contribution in [0.5, 0.6) is 0 Å². The summed E-state index contributed by atoms with van der Waals surface area (Å²) < 4.78 is 5.39. The molecule has 1 aromatic rings. The molecule has 0 saturated carbocycles. The van der Waals surface area contributed by atoms with Crippen molar-refractivity contribution in [2.24, 2.45) is 10.9 Å². The van der Waals surface area contributed by atoms with E-state index < -0.39 is 0 Å². The Hall–Kier alpha value is -1.11. The van der Waals surface area contributed by atoms with Crippen molar-refractivity contribution in [1.29, 1.82) is 0 Å². The fraction of sp³-hybridized carbons (Fsp3) is 0.688. The molecule has 2 rings (SSSR count). The van der Waals surface area contributed by atoms with E-state index in [-0.39, 0.29) is 0 Å². The lowest BCUT2D eigenvalue weighted by Crippen LogP contribution is -2.44. The maximum Gasteiger partial charge on any atom is 0.191 e. The van der Waals surface area contributed by atoms with Crippen LogP contribution in [-0.4, -0.2) is 56.8 Å². The van der Waals surface area contributed by atoms with Gasteiger partial charge in [0.2, 0.25) is 0 Å². The molecule has 6 heteroatoms. The largest absolute Gasteiger partial charge is 0.379 e. The number of hydrogen-bond acceptors (Lipinski definition) is 4. The zero-order valence-corrected chi connectivity index (χ0v) is 14.5. The number of nitrogens with one attached hydrogen (secondary N) is 2. The SMILES string of the molecule is CCNC(=NCc1cccs1)NCC(C)CN1CCOCC1. The summed E-state index contributed by atoms with van der Waals surface area (Å²) in [5.74, 6) is 1.49. The lowest BCUT2D eigenvalue weighted by Gasteiger charge is -2.29. The van der Waals surface area contributed by atoms with Gasteiger partial charge in [0, 0.05) is 37.6 Å². The van der Waals surface area contributed by atoms with Crippen molar-refractivity contribution in [3.63, 3.8) is 0 Å². The minimum absolute atomic E-state index is 0.587. The van der Waals surface area contributed by atoms with Crippen LogP contribution >= 0.6 is 11.3 Å². The van der Waals surface area contributed by atoms with Crippen LogP contribution in [0.3, 0.4) is 0 Å². The minimum Gasteiger partial charge on any atom is -0.379 e. The Morgan fingerprint density at radius 1 is 1.41 bits per heavy atom. The van der Waals surface area contributed by atoms with Crippen molar-refractivity contribution >= 4 is 17.3 Å². The normalized spacial score (nSPS) is 18.2. The Kier molecular flexibility index (Phi) is 7.70. The molecule has 1 aliphatic rings. The average Bonchev–Trinajstić information content (AvgIpc) is 3.04. The van der Waals surface area contributed by atoms with Crippen molar-refractivity contribution in [3.05, 3.63) is 22.4 Å². The van der Waals surface area contributed by atoms with E-state index >= 15 is 0 Å². The summed E-state index contributed by atoms with van der Waals surface area (Å²) in [4.78, 5) is 8.41. The van der Waals surface area contributed by atoms with E-state index in [1.807, 2.05) is 0 Å². The first-order valence-corrected chi connectivity index (χ1v) is 9.00. The van der Waals surface area contributed by atoms with E-state index in [0.29, 0.717) is 5.92 Å². The highest BCUT2D eigenvalue weighted by Gasteiger charge is 2.13. The van der Waals surface area contributed by atoms with Gasteiger partial charge in [0.25, 0.3) is 0 Å². The van der Waals surface area contributed by atoms with E-state index in [4.69, 9.17) is 4.74 Å². The molecule has 124 valence electrons. The highest BCUT2D eigenvalue weighted by atomic mass is 32.1. The van der Waals surface area contributed by atoms with Gasteiger partial charge < -0.3 is 15.4 Å². The third-order valence-electron chi connectivity index (χ3n) is 3.61. The van der Waals surface area contributed by atoms with E-state index in [1.54, 1.807) is 11.3 Å². The summed E-state index contributed by atoms with van der Waals surface area (Å²) in [7, 11) is 0. The van der Waals surface area contributed by atoms with Crippen molar-refractivity contribution < 1.29 is 4.74 Å². The summed E-state index contributed by atoms with van der Waals surface area (Å²) >= 11 is 1.75. The first-order valence-electron chi connectivity index (χ1n) is 8.12. The summed E-state index contributed by atoms with van der Waals surface area (Å²) in [6, 6.07) is 4.19. The maximum atomic E-state index is 5.39. The molecule has 0 aromatic carbocycles. The third kappa shape index (κ3) is 6.34. The van der Waals surface area contributed by atoms with Gasteiger partial charge in [0.05, 0.1) is 19.8 Å². The number of rotatable bonds is 7. The van der Waals surface area contributed by atoms with Gasteiger partial charge in [-0.1, -0.05) is 13.0 Å². The molecule has 0 radical (unpaired) electrons. The highest BCUT2D eigenvalue weighted by Crippen LogP contribution is 2.09. The Labute approximate surface area is 137 Å². The van der Waals surface area contributed by atoms with Gasteiger partial charge >= 0.3 is 0 Å². The molecule has 2 N–H and O–H groups in total. The second-order valence-electron chi connectivity index (χ2n) is 5.67.